The number of H-pyrrole nitrogens is 1. The fourth-order valence-electron chi connectivity index (χ4n) is 1.41. The standard InChI is InChI=1S/C10H13N7O/c1-3-7-4-8(6(2)12-13-7)10(18)11-5-9-14-16-17-15-9/h4H,3,5H2,1-2H3,(H,11,18)(H,14,15,16,17). The highest BCUT2D eigenvalue weighted by molar-refractivity contribution is 5.95. The minimum Gasteiger partial charge on any atom is -0.345 e. The summed E-state index contributed by atoms with van der Waals surface area (Å²) >= 11 is 0. The van der Waals surface area contributed by atoms with Gasteiger partial charge in [-0.2, -0.15) is 15.4 Å². The summed E-state index contributed by atoms with van der Waals surface area (Å²) in [6.07, 6.45) is 0.735. The van der Waals surface area contributed by atoms with Crippen LogP contribution < -0.4 is 5.32 Å². The summed E-state index contributed by atoms with van der Waals surface area (Å²) in [6, 6.07) is 1.74. The molecule has 0 radical (unpaired) electrons. The van der Waals surface area contributed by atoms with E-state index in [1.165, 1.54) is 0 Å². The highest BCUT2D eigenvalue weighted by Gasteiger charge is 2.12. The molecule has 18 heavy (non-hydrogen) atoms. The van der Waals surface area contributed by atoms with Gasteiger partial charge in [-0.3, -0.25) is 4.79 Å². The first-order valence-corrected chi connectivity index (χ1v) is 5.54. The molecule has 2 aromatic rings. The Hall–Kier alpha value is -2.38. The van der Waals surface area contributed by atoms with E-state index in [9.17, 15) is 4.79 Å². The Labute approximate surface area is 103 Å². The first-order chi connectivity index (χ1) is 8.70. The molecule has 8 heteroatoms. The van der Waals surface area contributed by atoms with Gasteiger partial charge in [0.1, 0.15) is 0 Å². The molecule has 0 aliphatic heterocycles. The summed E-state index contributed by atoms with van der Waals surface area (Å²) in [5.41, 5.74) is 1.90. The van der Waals surface area contributed by atoms with Gasteiger partial charge in [-0.15, -0.1) is 10.2 Å². The number of nitrogens with zero attached hydrogens (tertiary/aromatic N) is 5. The molecule has 2 rings (SSSR count). The van der Waals surface area contributed by atoms with Crippen molar-refractivity contribution in [2.45, 2.75) is 26.8 Å². The largest absolute Gasteiger partial charge is 0.345 e. The normalized spacial score (nSPS) is 10.3. The minimum atomic E-state index is -0.220. The second-order valence-electron chi connectivity index (χ2n) is 3.70. The molecule has 0 spiro atoms. The zero-order valence-corrected chi connectivity index (χ0v) is 10.1. The Kier molecular flexibility index (Phi) is 3.56. The average Bonchev–Trinajstić information content (AvgIpc) is 2.89. The van der Waals surface area contributed by atoms with Crippen LogP contribution >= 0.6 is 0 Å². The molecule has 0 aliphatic rings. The highest BCUT2D eigenvalue weighted by Crippen LogP contribution is 2.06. The third-order valence-corrected chi connectivity index (χ3v) is 2.43. The number of nitrogens with one attached hydrogen (secondary N) is 2. The number of carbonyl (C=O) groups is 1. The zero-order chi connectivity index (χ0) is 13.0. The molecule has 2 aromatic heterocycles. The predicted octanol–water partition coefficient (Wildman–Crippen LogP) is -0.209. The van der Waals surface area contributed by atoms with Crippen LogP contribution in [0.1, 0.15) is 34.5 Å². The minimum absolute atomic E-state index is 0.220. The predicted molar refractivity (Wildman–Crippen MR) is 61.5 cm³/mol. The SMILES string of the molecule is CCc1cc(C(=O)NCc2nn[nH]n2)c(C)nn1. The topological polar surface area (TPSA) is 109 Å². The van der Waals surface area contributed by atoms with Gasteiger partial charge in [-0.25, -0.2) is 0 Å². The van der Waals surface area contributed by atoms with Crippen molar-refractivity contribution in [3.05, 3.63) is 28.8 Å². The molecular weight excluding hydrogens is 234 g/mol. The van der Waals surface area contributed by atoms with Crippen LogP contribution in [0.3, 0.4) is 0 Å². The number of hydrogen-bond acceptors (Lipinski definition) is 6. The number of carbonyl (C=O) groups excluding carboxylic acids is 1. The van der Waals surface area contributed by atoms with Crippen molar-refractivity contribution in [1.29, 1.82) is 0 Å². The van der Waals surface area contributed by atoms with Crippen LogP contribution in [-0.4, -0.2) is 36.7 Å². The Morgan fingerprint density at radius 1 is 1.39 bits per heavy atom. The number of aryl methyl sites for hydroxylation is 2. The first-order valence-electron chi connectivity index (χ1n) is 5.54. The van der Waals surface area contributed by atoms with Gasteiger partial charge in [0, 0.05) is 0 Å². The molecule has 1 amide bonds. The smallest absolute Gasteiger partial charge is 0.253 e. The van der Waals surface area contributed by atoms with E-state index in [2.05, 4.69) is 36.1 Å². The van der Waals surface area contributed by atoms with E-state index < -0.39 is 0 Å². The van der Waals surface area contributed by atoms with Crippen molar-refractivity contribution < 1.29 is 4.79 Å². The van der Waals surface area contributed by atoms with Gasteiger partial charge < -0.3 is 5.32 Å². The number of hydrogen-bond donors (Lipinski definition) is 2. The van der Waals surface area contributed by atoms with Crippen LogP contribution in [0.5, 0.6) is 0 Å². The molecule has 2 N–H and O–H groups in total. The van der Waals surface area contributed by atoms with Crippen molar-refractivity contribution in [2.75, 3.05) is 0 Å². The molecule has 8 nitrogen and oxygen atoms in total. The van der Waals surface area contributed by atoms with Crippen molar-refractivity contribution >= 4 is 5.91 Å². The van der Waals surface area contributed by atoms with Crippen LogP contribution in [0.2, 0.25) is 0 Å². The monoisotopic (exact) mass is 247 g/mol. The number of aromatic amines is 1. The summed E-state index contributed by atoms with van der Waals surface area (Å²) < 4.78 is 0. The van der Waals surface area contributed by atoms with Gasteiger partial charge in [0.15, 0.2) is 5.82 Å². The zero-order valence-electron chi connectivity index (χ0n) is 10.1. The van der Waals surface area contributed by atoms with Gasteiger partial charge in [0.05, 0.1) is 23.5 Å². The second kappa shape index (κ2) is 5.30. The first kappa shape index (κ1) is 12.1. The fourth-order valence-corrected chi connectivity index (χ4v) is 1.41. The summed E-state index contributed by atoms with van der Waals surface area (Å²) in [5.74, 6) is 0.209. The molecule has 0 fully saturated rings. The molecule has 0 atom stereocenters. The van der Waals surface area contributed by atoms with E-state index in [0.29, 0.717) is 17.1 Å². The maximum atomic E-state index is 12.0. The molecule has 94 valence electrons. The molecule has 0 saturated heterocycles. The molecule has 0 saturated carbocycles. The maximum absolute atomic E-state index is 12.0. The van der Waals surface area contributed by atoms with Gasteiger partial charge >= 0.3 is 0 Å². The highest BCUT2D eigenvalue weighted by atomic mass is 16.1. The molecule has 0 aliphatic carbocycles. The summed E-state index contributed by atoms with van der Waals surface area (Å²) in [7, 11) is 0. The number of amides is 1. The van der Waals surface area contributed by atoms with E-state index in [0.717, 1.165) is 12.1 Å². The summed E-state index contributed by atoms with van der Waals surface area (Å²) in [4.78, 5) is 12.0. The summed E-state index contributed by atoms with van der Waals surface area (Å²) in [6.45, 7) is 3.93. The van der Waals surface area contributed by atoms with Crippen molar-refractivity contribution in [3.63, 3.8) is 0 Å². The summed E-state index contributed by atoms with van der Waals surface area (Å²) in [5, 5.41) is 23.9. The van der Waals surface area contributed by atoms with Gasteiger partial charge in [-0.1, -0.05) is 12.1 Å². The maximum Gasteiger partial charge on any atom is 0.253 e. The lowest BCUT2D eigenvalue weighted by atomic mass is 10.1. The molecular formula is C10H13N7O. The number of aromatic nitrogens is 6. The lowest BCUT2D eigenvalue weighted by Crippen LogP contribution is -2.25. The second-order valence-corrected chi connectivity index (χ2v) is 3.70. The van der Waals surface area contributed by atoms with E-state index in [1.807, 2.05) is 6.92 Å². The van der Waals surface area contributed by atoms with Crippen LogP contribution in [0.4, 0.5) is 0 Å². The van der Waals surface area contributed by atoms with Crippen molar-refractivity contribution in [1.82, 2.24) is 36.1 Å². The third kappa shape index (κ3) is 2.65. The molecule has 0 aromatic carbocycles. The fraction of sp³-hybridized carbons (Fsp3) is 0.400. The van der Waals surface area contributed by atoms with Crippen LogP contribution in [0.15, 0.2) is 6.07 Å². The molecule has 0 bridgehead atoms. The molecule has 2 heterocycles. The number of tetrazole rings is 1. The Bertz CT molecular complexity index is 537. The van der Waals surface area contributed by atoms with E-state index >= 15 is 0 Å². The van der Waals surface area contributed by atoms with Crippen LogP contribution in [-0.2, 0) is 13.0 Å². The quantitative estimate of drug-likeness (QED) is 0.773. The van der Waals surface area contributed by atoms with E-state index in [-0.39, 0.29) is 12.5 Å². The lowest BCUT2D eigenvalue weighted by Gasteiger charge is -2.06. The van der Waals surface area contributed by atoms with Gasteiger partial charge in [-0.05, 0) is 19.4 Å². The van der Waals surface area contributed by atoms with E-state index in [4.69, 9.17) is 0 Å². The van der Waals surface area contributed by atoms with Crippen molar-refractivity contribution in [3.8, 4) is 0 Å². The van der Waals surface area contributed by atoms with E-state index in [1.54, 1.807) is 13.0 Å². The van der Waals surface area contributed by atoms with Crippen molar-refractivity contribution in [2.24, 2.45) is 0 Å². The Balaban J connectivity index is 2.08. The van der Waals surface area contributed by atoms with Crippen LogP contribution in [0, 0.1) is 6.92 Å². The number of rotatable bonds is 4. The van der Waals surface area contributed by atoms with Gasteiger partial charge in [0.25, 0.3) is 5.91 Å². The van der Waals surface area contributed by atoms with Gasteiger partial charge in [0.2, 0.25) is 0 Å². The average molecular weight is 247 g/mol. The Morgan fingerprint density at radius 2 is 2.22 bits per heavy atom. The lowest BCUT2D eigenvalue weighted by molar-refractivity contribution is 0.0948. The Morgan fingerprint density at radius 3 is 2.89 bits per heavy atom. The van der Waals surface area contributed by atoms with Crippen LogP contribution in [0.25, 0.3) is 0 Å². The molecule has 0 unspecified atom stereocenters. The third-order valence-electron chi connectivity index (χ3n) is 2.43.